The Kier molecular flexibility index (Phi) is 4.74. The first-order chi connectivity index (χ1) is 13.5. The molecule has 2 amide bonds. The lowest BCUT2D eigenvalue weighted by Crippen LogP contribution is -2.45. The number of thiocarbonyl (C=S) groups is 1. The number of anilines is 1. The van der Waals surface area contributed by atoms with Crippen LogP contribution in [0.3, 0.4) is 0 Å². The van der Waals surface area contributed by atoms with Gasteiger partial charge in [0.05, 0.1) is 10.5 Å². The fraction of sp³-hybridized carbons (Fsp3) is 0.100. The average Bonchev–Trinajstić information content (AvgIpc) is 3.15. The van der Waals surface area contributed by atoms with Crippen LogP contribution in [0.25, 0.3) is 5.57 Å². The number of benzene rings is 2. The minimum absolute atomic E-state index is 0.119. The van der Waals surface area contributed by atoms with Crippen LogP contribution in [0.5, 0.6) is 0 Å². The van der Waals surface area contributed by atoms with Crippen molar-refractivity contribution in [1.82, 2.24) is 4.90 Å². The molecule has 2 N–H and O–H groups in total. The zero-order valence-electron chi connectivity index (χ0n) is 14.4. The van der Waals surface area contributed by atoms with Crippen molar-refractivity contribution in [3.05, 3.63) is 70.6 Å². The van der Waals surface area contributed by atoms with E-state index >= 15 is 0 Å². The van der Waals surface area contributed by atoms with Gasteiger partial charge in [-0.2, -0.15) is 0 Å². The predicted octanol–water partition coefficient (Wildman–Crippen LogP) is 2.91. The topological polar surface area (TPSA) is 86.7 Å². The summed E-state index contributed by atoms with van der Waals surface area (Å²) in [7, 11) is 0. The maximum absolute atomic E-state index is 13.1. The highest BCUT2D eigenvalue weighted by atomic mass is 32.2. The molecule has 6 nitrogen and oxygen atoms in total. The standard InChI is InChI=1S/C20H14N2O4S2/c23-17-15(12-8-4-5-9-13(12)21-17)16-18(24)22(20(27)28-16)14(19(25)26)10-11-6-2-1-3-7-11/h1-9,14H,10H2,(H,21,23)(H,25,26)/b16-15-. The van der Waals surface area contributed by atoms with Crippen molar-refractivity contribution in [2.45, 2.75) is 12.5 Å². The van der Waals surface area contributed by atoms with Crippen LogP contribution in [0.15, 0.2) is 59.5 Å². The first-order valence-corrected chi connectivity index (χ1v) is 9.67. The molecule has 0 radical (unpaired) electrons. The van der Waals surface area contributed by atoms with E-state index in [1.165, 1.54) is 0 Å². The number of thioether (sulfide) groups is 1. The van der Waals surface area contributed by atoms with Gasteiger partial charge in [0.1, 0.15) is 10.4 Å². The van der Waals surface area contributed by atoms with E-state index in [0.29, 0.717) is 11.3 Å². The molecule has 0 aromatic heterocycles. The molecule has 140 valence electrons. The Hall–Kier alpha value is -2.97. The molecule has 1 saturated heterocycles. The molecule has 2 aliphatic rings. The summed E-state index contributed by atoms with van der Waals surface area (Å²) in [5.41, 5.74) is 2.25. The molecule has 2 aromatic rings. The molecular formula is C20H14N2O4S2. The van der Waals surface area contributed by atoms with Crippen molar-refractivity contribution >= 4 is 57.3 Å². The number of carboxylic acids is 1. The number of aliphatic carboxylic acids is 1. The van der Waals surface area contributed by atoms with Gasteiger partial charge in [-0.15, -0.1) is 0 Å². The maximum atomic E-state index is 13.1. The number of nitrogens with one attached hydrogen (secondary N) is 1. The molecule has 28 heavy (non-hydrogen) atoms. The van der Waals surface area contributed by atoms with Gasteiger partial charge in [0.25, 0.3) is 11.8 Å². The highest BCUT2D eigenvalue weighted by molar-refractivity contribution is 8.26. The number of nitrogens with zero attached hydrogens (tertiary/aromatic N) is 1. The van der Waals surface area contributed by atoms with Gasteiger partial charge in [-0.05, 0) is 11.6 Å². The van der Waals surface area contributed by atoms with E-state index in [4.69, 9.17) is 12.2 Å². The lowest BCUT2D eigenvalue weighted by Gasteiger charge is -2.23. The van der Waals surface area contributed by atoms with Gasteiger partial charge in [0, 0.05) is 17.7 Å². The maximum Gasteiger partial charge on any atom is 0.327 e. The van der Waals surface area contributed by atoms with Crippen LogP contribution >= 0.6 is 24.0 Å². The lowest BCUT2D eigenvalue weighted by molar-refractivity contribution is -0.145. The monoisotopic (exact) mass is 410 g/mol. The number of hydrogen-bond donors (Lipinski definition) is 2. The van der Waals surface area contributed by atoms with Crippen LogP contribution in [-0.4, -0.2) is 38.2 Å². The minimum atomic E-state index is -1.15. The van der Waals surface area contributed by atoms with Crippen molar-refractivity contribution < 1.29 is 19.5 Å². The summed E-state index contributed by atoms with van der Waals surface area (Å²) in [5, 5.41) is 12.5. The Morgan fingerprint density at radius 2 is 1.79 bits per heavy atom. The van der Waals surface area contributed by atoms with Crippen molar-refractivity contribution in [3.8, 4) is 0 Å². The second-order valence-corrected chi connectivity index (χ2v) is 7.93. The predicted molar refractivity (Wildman–Crippen MR) is 111 cm³/mol. The van der Waals surface area contributed by atoms with E-state index in [-0.39, 0.29) is 21.2 Å². The van der Waals surface area contributed by atoms with Gasteiger partial charge in [0.15, 0.2) is 0 Å². The number of fused-ring (bicyclic) bond motifs is 1. The second-order valence-electron chi connectivity index (χ2n) is 6.29. The fourth-order valence-corrected chi connectivity index (χ4v) is 4.70. The molecule has 2 aliphatic heterocycles. The van der Waals surface area contributed by atoms with Crippen LogP contribution in [0.4, 0.5) is 5.69 Å². The number of carboxylic acid groups (broad SMARTS) is 1. The smallest absolute Gasteiger partial charge is 0.327 e. The summed E-state index contributed by atoms with van der Waals surface area (Å²) in [5.74, 6) is -2.10. The molecule has 0 aliphatic carbocycles. The van der Waals surface area contributed by atoms with Crippen molar-refractivity contribution in [3.63, 3.8) is 0 Å². The lowest BCUT2D eigenvalue weighted by atomic mass is 10.0. The Bertz CT molecular complexity index is 1050. The van der Waals surface area contributed by atoms with Gasteiger partial charge in [0.2, 0.25) is 0 Å². The minimum Gasteiger partial charge on any atom is -0.480 e. The van der Waals surface area contributed by atoms with Gasteiger partial charge < -0.3 is 10.4 Å². The molecule has 8 heteroatoms. The Morgan fingerprint density at radius 1 is 1.11 bits per heavy atom. The molecule has 4 rings (SSSR count). The molecule has 0 saturated carbocycles. The zero-order valence-corrected chi connectivity index (χ0v) is 16.0. The van der Waals surface area contributed by atoms with Gasteiger partial charge in [-0.3, -0.25) is 14.5 Å². The molecule has 1 atom stereocenters. The van der Waals surface area contributed by atoms with Crippen molar-refractivity contribution in [1.29, 1.82) is 0 Å². The number of para-hydroxylation sites is 1. The summed E-state index contributed by atoms with van der Waals surface area (Å²) < 4.78 is 0.132. The van der Waals surface area contributed by atoms with Crippen molar-refractivity contribution in [2.75, 3.05) is 5.32 Å². The van der Waals surface area contributed by atoms with Crippen LogP contribution in [0.1, 0.15) is 11.1 Å². The quantitative estimate of drug-likeness (QED) is 0.595. The van der Waals surface area contributed by atoms with Crippen LogP contribution in [-0.2, 0) is 20.8 Å². The fourth-order valence-electron chi connectivity index (χ4n) is 3.27. The van der Waals surface area contributed by atoms with Crippen LogP contribution in [0.2, 0.25) is 0 Å². The molecule has 0 spiro atoms. The largest absolute Gasteiger partial charge is 0.480 e. The number of hydrogen-bond acceptors (Lipinski definition) is 5. The first kappa shape index (κ1) is 18.4. The highest BCUT2D eigenvalue weighted by Crippen LogP contribution is 2.42. The number of carbonyl (C=O) groups excluding carboxylic acids is 2. The SMILES string of the molecule is O=C1Nc2ccccc2/C1=C1/SC(=S)N(C(Cc2ccccc2)C(=O)O)C1=O. The van der Waals surface area contributed by atoms with Gasteiger partial charge in [-0.25, -0.2) is 4.79 Å². The summed E-state index contributed by atoms with van der Waals surface area (Å²) in [6.07, 6.45) is 0.119. The molecule has 2 heterocycles. The average molecular weight is 410 g/mol. The molecule has 1 unspecified atom stereocenters. The van der Waals surface area contributed by atoms with Gasteiger partial charge >= 0.3 is 5.97 Å². The van der Waals surface area contributed by atoms with E-state index in [0.717, 1.165) is 22.2 Å². The van der Waals surface area contributed by atoms with E-state index < -0.39 is 23.8 Å². The Morgan fingerprint density at radius 3 is 2.50 bits per heavy atom. The van der Waals surface area contributed by atoms with E-state index in [2.05, 4.69) is 5.32 Å². The number of rotatable bonds is 4. The van der Waals surface area contributed by atoms with E-state index in [9.17, 15) is 19.5 Å². The summed E-state index contributed by atoms with van der Waals surface area (Å²) in [4.78, 5) is 38.7. The first-order valence-electron chi connectivity index (χ1n) is 8.44. The zero-order chi connectivity index (χ0) is 19.8. The summed E-state index contributed by atoms with van der Waals surface area (Å²) in [6.45, 7) is 0. The normalized spacial score (nSPS) is 19.6. The third-order valence-corrected chi connectivity index (χ3v) is 5.97. The van der Waals surface area contributed by atoms with Gasteiger partial charge in [-0.1, -0.05) is 72.5 Å². The van der Waals surface area contributed by atoms with Crippen LogP contribution in [0, 0.1) is 0 Å². The van der Waals surface area contributed by atoms with E-state index in [1.807, 2.05) is 6.07 Å². The summed E-state index contributed by atoms with van der Waals surface area (Å²) in [6, 6.07) is 14.9. The molecular weight excluding hydrogens is 396 g/mol. The molecule has 2 aromatic carbocycles. The summed E-state index contributed by atoms with van der Waals surface area (Å²) >= 11 is 6.28. The Balaban J connectivity index is 1.73. The Labute approximate surface area is 170 Å². The third-order valence-electron chi connectivity index (χ3n) is 4.57. The number of amides is 2. The number of carbonyl (C=O) groups is 3. The highest BCUT2D eigenvalue weighted by Gasteiger charge is 2.44. The molecule has 0 bridgehead atoms. The van der Waals surface area contributed by atoms with E-state index in [1.54, 1.807) is 48.5 Å². The third kappa shape index (κ3) is 3.10. The van der Waals surface area contributed by atoms with Crippen LogP contribution < -0.4 is 5.32 Å². The van der Waals surface area contributed by atoms with Crippen molar-refractivity contribution in [2.24, 2.45) is 0 Å². The molecule has 1 fully saturated rings. The second kappa shape index (κ2) is 7.21.